The minimum Gasteiger partial charge on any atom is -0.691 e. The van der Waals surface area contributed by atoms with E-state index in [1.807, 2.05) is 23.1 Å². The maximum atomic E-state index is 10.7. The van der Waals surface area contributed by atoms with Crippen LogP contribution in [0.2, 0.25) is 0 Å². The van der Waals surface area contributed by atoms with Crippen LogP contribution < -0.4 is 14.3 Å². The molecule has 6 nitrogen and oxygen atoms in total. The van der Waals surface area contributed by atoms with Gasteiger partial charge in [-0.3, -0.25) is 5.04 Å². The molecule has 2 aromatic carbocycles. The Kier molecular flexibility index (Phi) is 8.62. The average Bonchev–Trinajstić information content (AvgIpc) is 3.37. The topological polar surface area (TPSA) is 45.4 Å². The standard InChI is InChI=1S/C30H39N3O3S3/c1-7-23(19-28-31(14-8-15-32(4,5)6)24-17-21(2)9-11-26(24)37-28)20-30-33(16-13-29(33)39-36-35-34)25-18-22(3)10-12-27(25)38-30/h9-12,17-20,29H,7-8,13-16H2,1-6H3/q+2. The van der Waals surface area contributed by atoms with Crippen LogP contribution in [0.5, 0.6) is 0 Å². The Hall–Kier alpha value is -1.69. The van der Waals surface area contributed by atoms with Gasteiger partial charge in [0.1, 0.15) is 4.70 Å². The summed E-state index contributed by atoms with van der Waals surface area (Å²) in [7, 11) is 6.78. The zero-order valence-electron chi connectivity index (χ0n) is 23.7. The number of aromatic nitrogens is 1. The molecule has 0 amide bonds. The molecule has 1 aromatic heterocycles. The number of thiazole rings is 1. The van der Waals surface area contributed by atoms with Gasteiger partial charge in [0.15, 0.2) is 22.6 Å². The van der Waals surface area contributed by atoms with E-state index in [0.29, 0.717) is 4.48 Å². The number of benzene rings is 2. The number of quaternary nitrogens is 2. The molecule has 2 unspecified atom stereocenters. The fraction of sp³-hybridized carbons (Fsp3) is 0.433. The Balaban J connectivity index is 1.55. The Labute approximate surface area is 244 Å². The smallest absolute Gasteiger partial charge is 0.263 e. The lowest BCUT2D eigenvalue weighted by atomic mass is 10.0. The molecule has 2 aliphatic rings. The molecule has 1 saturated heterocycles. The highest BCUT2D eigenvalue weighted by Gasteiger charge is 2.57. The van der Waals surface area contributed by atoms with Crippen LogP contribution in [0.15, 0.2) is 58.0 Å². The summed E-state index contributed by atoms with van der Waals surface area (Å²) in [5.41, 5.74) is 6.46. The molecule has 3 heterocycles. The van der Waals surface area contributed by atoms with Crippen molar-refractivity contribution in [3.63, 3.8) is 0 Å². The zero-order valence-corrected chi connectivity index (χ0v) is 26.2. The van der Waals surface area contributed by atoms with Crippen LogP contribution >= 0.6 is 35.1 Å². The second-order valence-corrected chi connectivity index (χ2v) is 14.6. The summed E-state index contributed by atoms with van der Waals surface area (Å²) in [5.74, 6) is 0. The molecule has 0 bridgehead atoms. The summed E-state index contributed by atoms with van der Waals surface area (Å²) in [6.07, 6.45) is 7.80. The molecule has 0 aliphatic carbocycles. The SMILES string of the molecule is CCC(=Cc1sc2ccc(C)cc2[n+]1CCC[N+](C)(C)C)C=C1Sc2ccc(C)cc2[N+]12CCC2SOO[O-]. The molecule has 9 heteroatoms. The quantitative estimate of drug-likeness (QED) is 0.0925. The maximum Gasteiger partial charge on any atom is 0.263 e. The number of aryl methyl sites for hydroxylation is 3. The van der Waals surface area contributed by atoms with Crippen LogP contribution in [-0.2, 0) is 15.9 Å². The van der Waals surface area contributed by atoms with E-state index in [2.05, 4.69) is 100 Å². The minimum atomic E-state index is 0.0895. The molecule has 5 rings (SSSR count). The summed E-state index contributed by atoms with van der Waals surface area (Å²) in [5, 5.41) is 17.1. The average molecular weight is 586 g/mol. The van der Waals surface area contributed by atoms with Crippen LogP contribution in [0.3, 0.4) is 0 Å². The monoisotopic (exact) mass is 585 g/mol. The maximum absolute atomic E-state index is 10.7. The van der Waals surface area contributed by atoms with Crippen molar-refractivity contribution in [1.82, 2.24) is 4.48 Å². The Morgan fingerprint density at radius 3 is 2.64 bits per heavy atom. The van der Waals surface area contributed by atoms with E-state index in [9.17, 15) is 5.26 Å². The van der Waals surface area contributed by atoms with E-state index in [1.54, 1.807) is 0 Å². The van der Waals surface area contributed by atoms with Gasteiger partial charge >= 0.3 is 0 Å². The van der Waals surface area contributed by atoms with E-state index in [1.165, 1.54) is 47.5 Å². The van der Waals surface area contributed by atoms with Crippen LogP contribution in [0.4, 0.5) is 5.69 Å². The van der Waals surface area contributed by atoms with E-state index in [0.717, 1.165) is 55.4 Å². The van der Waals surface area contributed by atoms with Crippen molar-refractivity contribution in [1.29, 1.82) is 0 Å². The molecular weight excluding hydrogens is 547 g/mol. The van der Waals surface area contributed by atoms with Crippen molar-refractivity contribution in [3.05, 3.63) is 69.2 Å². The molecule has 208 valence electrons. The molecule has 1 fully saturated rings. The Morgan fingerprint density at radius 1 is 1.18 bits per heavy atom. The second kappa shape index (κ2) is 11.7. The van der Waals surface area contributed by atoms with Gasteiger partial charge in [-0.2, -0.15) is 8.90 Å². The highest BCUT2D eigenvalue weighted by Crippen LogP contribution is 2.59. The van der Waals surface area contributed by atoms with Gasteiger partial charge in [-0.05, 0) is 60.9 Å². The molecule has 39 heavy (non-hydrogen) atoms. The van der Waals surface area contributed by atoms with E-state index >= 15 is 0 Å². The zero-order chi connectivity index (χ0) is 27.8. The summed E-state index contributed by atoms with van der Waals surface area (Å²) in [6.45, 7) is 9.67. The fourth-order valence-corrected chi connectivity index (χ4v) is 8.90. The Bertz CT molecular complexity index is 1430. The first-order chi connectivity index (χ1) is 18.6. The summed E-state index contributed by atoms with van der Waals surface area (Å²) < 4.78 is 10.4. The number of allylic oxidation sites excluding steroid dienone is 2. The number of rotatable bonds is 10. The largest absolute Gasteiger partial charge is 0.691 e. The van der Waals surface area contributed by atoms with Gasteiger partial charge in [-0.1, -0.05) is 30.4 Å². The van der Waals surface area contributed by atoms with Crippen LogP contribution in [0, 0.1) is 13.8 Å². The van der Waals surface area contributed by atoms with Gasteiger partial charge in [0.05, 0.1) is 64.0 Å². The first-order valence-corrected chi connectivity index (χ1v) is 16.0. The van der Waals surface area contributed by atoms with E-state index in [4.69, 9.17) is 4.33 Å². The van der Waals surface area contributed by atoms with Crippen molar-refractivity contribution in [2.24, 2.45) is 0 Å². The molecule has 0 saturated carbocycles. The van der Waals surface area contributed by atoms with Crippen molar-refractivity contribution in [2.45, 2.75) is 56.8 Å². The van der Waals surface area contributed by atoms with Gasteiger partial charge in [-0.15, -0.1) is 0 Å². The summed E-state index contributed by atoms with van der Waals surface area (Å²) in [4.78, 5) is 1.28. The molecule has 1 spiro atoms. The third kappa shape index (κ3) is 5.87. The van der Waals surface area contributed by atoms with Gasteiger partial charge in [0.2, 0.25) is 5.52 Å². The molecular formula is C30H39N3O3S3+2. The normalized spacial score (nSPS) is 22.2. The Morgan fingerprint density at radius 2 is 1.95 bits per heavy atom. The number of thioether (sulfide) groups is 1. The molecule has 0 N–H and O–H groups in total. The minimum absolute atomic E-state index is 0.0895. The van der Waals surface area contributed by atoms with E-state index in [-0.39, 0.29) is 5.37 Å². The van der Waals surface area contributed by atoms with Crippen molar-refractivity contribution in [2.75, 3.05) is 34.2 Å². The highest BCUT2D eigenvalue weighted by molar-refractivity contribution is 8.03. The highest BCUT2D eigenvalue weighted by atomic mass is 32.2. The number of hydrogen-bond donors (Lipinski definition) is 0. The molecule has 2 aliphatic heterocycles. The van der Waals surface area contributed by atoms with Crippen molar-refractivity contribution in [3.8, 4) is 0 Å². The summed E-state index contributed by atoms with van der Waals surface area (Å²) in [6, 6.07) is 13.5. The van der Waals surface area contributed by atoms with Crippen LogP contribution in [-0.4, -0.2) is 44.1 Å². The second-order valence-electron chi connectivity index (χ2n) is 11.6. The predicted octanol–water partition coefficient (Wildman–Crippen LogP) is 6.25. The van der Waals surface area contributed by atoms with Gasteiger partial charge in [0, 0.05) is 24.3 Å². The molecule has 0 radical (unpaired) electrons. The predicted molar refractivity (Wildman–Crippen MR) is 162 cm³/mol. The third-order valence-electron chi connectivity index (χ3n) is 7.67. The third-order valence-corrected chi connectivity index (χ3v) is 11.0. The van der Waals surface area contributed by atoms with Gasteiger partial charge < -0.3 is 9.74 Å². The van der Waals surface area contributed by atoms with Gasteiger partial charge in [0.25, 0.3) is 5.01 Å². The number of nitrogens with zero attached hydrogens (tertiary/aromatic N) is 3. The van der Waals surface area contributed by atoms with E-state index < -0.39 is 0 Å². The lowest BCUT2D eigenvalue weighted by Crippen LogP contribution is -2.62. The first kappa shape index (κ1) is 28.8. The lowest BCUT2D eigenvalue weighted by molar-refractivity contribution is -0.873. The summed E-state index contributed by atoms with van der Waals surface area (Å²) >= 11 is 4.87. The van der Waals surface area contributed by atoms with Crippen LogP contribution in [0.1, 0.15) is 42.3 Å². The number of hydrogen-bond acceptors (Lipinski definition) is 6. The van der Waals surface area contributed by atoms with Gasteiger partial charge in [-0.25, -0.2) is 4.48 Å². The van der Waals surface area contributed by atoms with Crippen molar-refractivity contribution >= 4 is 57.1 Å². The molecule has 2 atom stereocenters. The van der Waals surface area contributed by atoms with Crippen LogP contribution in [0.25, 0.3) is 16.3 Å². The first-order valence-electron chi connectivity index (χ1n) is 13.6. The lowest BCUT2D eigenvalue weighted by Gasteiger charge is -2.48. The fourth-order valence-electron chi connectivity index (χ4n) is 5.50. The number of fused-ring (bicyclic) bond motifs is 3. The van der Waals surface area contributed by atoms with Crippen molar-refractivity contribution < 1.29 is 23.7 Å². The molecule has 3 aromatic rings.